The Labute approximate surface area is 191 Å². The maximum Gasteiger partial charge on any atom is 0.321 e. The molecule has 1 aliphatic heterocycles. The zero-order valence-electron chi connectivity index (χ0n) is 18.8. The number of imidazole rings is 1. The summed E-state index contributed by atoms with van der Waals surface area (Å²) >= 11 is 0. The minimum atomic E-state index is -1.19. The van der Waals surface area contributed by atoms with Crippen LogP contribution in [0.1, 0.15) is 38.8 Å². The van der Waals surface area contributed by atoms with E-state index in [1.54, 1.807) is 24.0 Å². The van der Waals surface area contributed by atoms with Crippen LogP contribution in [0.15, 0.2) is 48.5 Å². The molecule has 2 atom stereocenters. The van der Waals surface area contributed by atoms with Crippen molar-refractivity contribution in [3.63, 3.8) is 0 Å². The molecular weight excluding hydrogens is 424 g/mol. The van der Waals surface area contributed by atoms with Crippen molar-refractivity contribution in [1.82, 2.24) is 9.55 Å². The zero-order valence-corrected chi connectivity index (χ0v) is 18.8. The summed E-state index contributed by atoms with van der Waals surface area (Å²) in [6, 6.07) is 12.6. The number of carbonyl (C=O) groups is 2. The van der Waals surface area contributed by atoms with Crippen LogP contribution in [0.4, 0.5) is 11.6 Å². The second kappa shape index (κ2) is 9.01. The summed E-state index contributed by atoms with van der Waals surface area (Å²) in [5, 5.41) is 11.4. The SMILES string of the molecule is CCOC(=O)[C@H]1C(=O)N(CCC(C)C)c2nc3ccccc3n2[C@H]1c1cccc([N+](=O)[O-])c1. The van der Waals surface area contributed by atoms with Crippen molar-refractivity contribution >= 4 is 34.5 Å². The maximum atomic E-state index is 13.7. The fraction of sp³-hybridized carbons (Fsp3) is 0.375. The molecule has 1 amide bonds. The standard InChI is InChI=1S/C24H26N4O5/c1-4-33-23(30)20-21(16-8-7-9-17(14-16)28(31)32)27-19-11-6-5-10-18(19)25-24(27)26(22(20)29)13-12-15(2)3/h5-11,14-15,20-21H,4,12-13H2,1-3H3/t20-,21+/m1/s1. The third kappa shape index (κ3) is 4.06. The third-order valence-corrected chi connectivity index (χ3v) is 5.84. The van der Waals surface area contributed by atoms with Gasteiger partial charge in [-0.25, -0.2) is 4.98 Å². The number of hydrogen-bond acceptors (Lipinski definition) is 6. The van der Waals surface area contributed by atoms with Gasteiger partial charge in [0.25, 0.3) is 5.69 Å². The number of nitrogens with zero attached hydrogens (tertiary/aromatic N) is 4. The van der Waals surface area contributed by atoms with Gasteiger partial charge < -0.3 is 9.30 Å². The summed E-state index contributed by atoms with van der Waals surface area (Å²) in [5.41, 5.74) is 1.77. The van der Waals surface area contributed by atoms with Gasteiger partial charge >= 0.3 is 5.97 Å². The van der Waals surface area contributed by atoms with E-state index in [-0.39, 0.29) is 12.3 Å². The van der Waals surface area contributed by atoms with Crippen LogP contribution in [0.5, 0.6) is 0 Å². The molecule has 0 aliphatic carbocycles. The van der Waals surface area contributed by atoms with E-state index in [1.165, 1.54) is 12.1 Å². The number of para-hydroxylation sites is 2. The largest absolute Gasteiger partial charge is 0.465 e. The normalized spacial score (nSPS) is 17.9. The van der Waals surface area contributed by atoms with Crippen LogP contribution in [0.25, 0.3) is 11.0 Å². The van der Waals surface area contributed by atoms with Crippen LogP contribution in [-0.2, 0) is 14.3 Å². The third-order valence-electron chi connectivity index (χ3n) is 5.84. The Morgan fingerprint density at radius 1 is 1.21 bits per heavy atom. The lowest BCUT2D eigenvalue weighted by Gasteiger charge is -2.38. The molecule has 1 aliphatic rings. The van der Waals surface area contributed by atoms with Crippen molar-refractivity contribution in [2.24, 2.45) is 11.8 Å². The van der Waals surface area contributed by atoms with Crippen molar-refractivity contribution in [1.29, 1.82) is 0 Å². The number of carbonyl (C=O) groups excluding carboxylic acids is 2. The zero-order chi connectivity index (χ0) is 23.7. The summed E-state index contributed by atoms with van der Waals surface area (Å²) in [6.07, 6.45) is 0.728. The predicted octanol–water partition coefficient (Wildman–Crippen LogP) is 4.11. The lowest BCUT2D eigenvalue weighted by Crippen LogP contribution is -2.50. The van der Waals surface area contributed by atoms with E-state index in [9.17, 15) is 19.7 Å². The monoisotopic (exact) mass is 450 g/mol. The van der Waals surface area contributed by atoms with Gasteiger partial charge in [0.15, 0.2) is 5.92 Å². The number of amides is 1. The van der Waals surface area contributed by atoms with Crippen molar-refractivity contribution in [3.05, 3.63) is 64.2 Å². The molecule has 2 aromatic carbocycles. The highest BCUT2D eigenvalue weighted by molar-refractivity contribution is 6.08. The molecular formula is C24H26N4O5. The average Bonchev–Trinajstić information content (AvgIpc) is 3.16. The molecule has 4 rings (SSSR count). The number of benzene rings is 2. The van der Waals surface area contributed by atoms with E-state index in [0.29, 0.717) is 29.5 Å². The van der Waals surface area contributed by atoms with E-state index in [1.807, 2.05) is 28.8 Å². The van der Waals surface area contributed by atoms with Gasteiger partial charge in [-0.05, 0) is 37.0 Å². The van der Waals surface area contributed by atoms with E-state index < -0.39 is 28.8 Å². The molecule has 0 saturated carbocycles. The summed E-state index contributed by atoms with van der Waals surface area (Å²) in [4.78, 5) is 44.1. The van der Waals surface area contributed by atoms with Gasteiger partial charge in [0.1, 0.15) is 0 Å². The van der Waals surface area contributed by atoms with E-state index in [0.717, 1.165) is 11.9 Å². The maximum absolute atomic E-state index is 13.7. The molecule has 172 valence electrons. The van der Waals surface area contributed by atoms with E-state index >= 15 is 0 Å². The minimum absolute atomic E-state index is 0.115. The van der Waals surface area contributed by atoms with Gasteiger partial charge in [-0.15, -0.1) is 0 Å². The molecule has 33 heavy (non-hydrogen) atoms. The topological polar surface area (TPSA) is 108 Å². The van der Waals surface area contributed by atoms with Crippen molar-refractivity contribution in [2.45, 2.75) is 33.2 Å². The van der Waals surface area contributed by atoms with Gasteiger partial charge in [-0.2, -0.15) is 0 Å². The predicted molar refractivity (Wildman–Crippen MR) is 123 cm³/mol. The Bertz CT molecular complexity index is 1220. The molecule has 0 unspecified atom stereocenters. The molecule has 9 heteroatoms. The molecule has 3 aromatic rings. The lowest BCUT2D eigenvalue weighted by atomic mass is 9.89. The average molecular weight is 450 g/mol. The van der Waals surface area contributed by atoms with Gasteiger partial charge in [-0.1, -0.05) is 38.1 Å². The molecule has 9 nitrogen and oxygen atoms in total. The number of fused-ring (bicyclic) bond motifs is 3. The summed E-state index contributed by atoms with van der Waals surface area (Å²) in [7, 11) is 0. The highest BCUT2D eigenvalue weighted by Crippen LogP contribution is 2.42. The Hall–Kier alpha value is -3.75. The van der Waals surface area contributed by atoms with Crippen molar-refractivity contribution < 1.29 is 19.2 Å². The number of non-ortho nitro benzene ring substituents is 1. The minimum Gasteiger partial charge on any atom is -0.465 e. The first-order chi connectivity index (χ1) is 15.8. The van der Waals surface area contributed by atoms with E-state index in [2.05, 4.69) is 13.8 Å². The number of nitro groups is 1. The Morgan fingerprint density at radius 3 is 2.67 bits per heavy atom. The first-order valence-electron chi connectivity index (χ1n) is 11.0. The molecule has 2 heterocycles. The number of rotatable bonds is 7. The number of aromatic nitrogens is 2. The first-order valence-corrected chi connectivity index (χ1v) is 11.0. The van der Waals surface area contributed by atoms with Crippen molar-refractivity contribution in [2.75, 3.05) is 18.1 Å². The summed E-state index contributed by atoms with van der Waals surface area (Å²) < 4.78 is 7.15. The number of anilines is 1. The highest BCUT2D eigenvalue weighted by Gasteiger charge is 2.48. The van der Waals surface area contributed by atoms with Crippen LogP contribution in [0.2, 0.25) is 0 Å². The molecule has 1 aromatic heterocycles. The van der Waals surface area contributed by atoms with Crippen LogP contribution >= 0.6 is 0 Å². The van der Waals surface area contributed by atoms with Crippen LogP contribution in [0.3, 0.4) is 0 Å². The van der Waals surface area contributed by atoms with Crippen LogP contribution < -0.4 is 4.90 Å². The van der Waals surface area contributed by atoms with Crippen molar-refractivity contribution in [3.8, 4) is 0 Å². The molecule has 0 spiro atoms. The number of hydrogen-bond donors (Lipinski definition) is 0. The molecule has 0 N–H and O–H groups in total. The lowest BCUT2D eigenvalue weighted by molar-refractivity contribution is -0.384. The Balaban J connectivity index is 1.98. The van der Waals surface area contributed by atoms with Gasteiger partial charge in [-0.3, -0.25) is 24.6 Å². The molecule has 0 bridgehead atoms. The van der Waals surface area contributed by atoms with Gasteiger partial charge in [0.2, 0.25) is 11.9 Å². The second-order valence-electron chi connectivity index (χ2n) is 8.47. The van der Waals surface area contributed by atoms with E-state index in [4.69, 9.17) is 9.72 Å². The van der Waals surface area contributed by atoms with Gasteiger partial charge in [0, 0.05) is 18.7 Å². The molecule has 0 radical (unpaired) electrons. The van der Waals surface area contributed by atoms with Gasteiger partial charge in [0.05, 0.1) is 28.6 Å². The smallest absolute Gasteiger partial charge is 0.321 e. The number of ether oxygens (including phenoxy) is 1. The van der Waals surface area contributed by atoms with Crippen LogP contribution in [-0.4, -0.2) is 39.5 Å². The number of nitro benzene ring substituents is 1. The summed E-state index contributed by atoms with van der Waals surface area (Å²) in [6.45, 7) is 6.32. The fourth-order valence-corrected chi connectivity index (χ4v) is 4.27. The summed E-state index contributed by atoms with van der Waals surface area (Å²) in [5.74, 6) is -1.49. The number of esters is 1. The fourth-order valence-electron chi connectivity index (χ4n) is 4.27. The van der Waals surface area contributed by atoms with Crippen LogP contribution in [0, 0.1) is 22.0 Å². The Kier molecular flexibility index (Phi) is 6.13. The Morgan fingerprint density at radius 2 is 1.97 bits per heavy atom. The molecule has 0 saturated heterocycles. The first kappa shape index (κ1) is 22.4. The quantitative estimate of drug-likeness (QED) is 0.232. The highest BCUT2D eigenvalue weighted by atomic mass is 16.6. The second-order valence-corrected chi connectivity index (χ2v) is 8.47. The molecule has 0 fully saturated rings.